The Balaban J connectivity index is 1.21. The van der Waals surface area contributed by atoms with Gasteiger partial charge in [-0.05, 0) is 48.0 Å². The predicted molar refractivity (Wildman–Crippen MR) is 165 cm³/mol. The van der Waals surface area contributed by atoms with Crippen LogP contribution in [-0.4, -0.2) is 67.5 Å². The zero-order valence-electron chi connectivity index (χ0n) is 22.5. The lowest BCUT2D eigenvalue weighted by atomic mass is 10.0. The summed E-state index contributed by atoms with van der Waals surface area (Å²) in [5, 5.41) is 34.5. The Kier molecular flexibility index (Phi) is 10.0. The third-order valence-electron chi connectivity index (χ3n) is 6.78. The molecule has 0 unspecified atom stereocenters. The highest BCUT2D eigenvalue weighted by atomic mass is 35.5. The van der Waals surface area contributed by atoms with E-state index in [9.17, 15) is 34.5 Å². The van der Waals surface area contributed by atoms with Crippen LogP contribution >= 0.6 is 58.5 Å². The maximum atomic E-state index is 13.0. The molecule has 228 valence electrons. The van der Waals surface area contributed by atoms with Crippen molar-refractivity contribution < 1.29 is 39.1 Å². The molecule has 3 N–H and O–H groups in total. The van der Waals surface area contributed by atoms with Crippen LogP contribution in [0.3, 0.4) is 0 Å². The molecule has 3 aromatic rings. The van der Waals surface area contributed by atoms with Crippen LogP contribution in [0.1, 0.15) is 11.6 Å². The summed E-state index contributed by atoms with van der Waals surface area (Å²) in [5.41, 5.74) is 0.893. The summed E-state index contributed by atoms with van der Waals surface area (Å²) in [7, 11) is 0. The van der Waals surface area contributed by atoms with E-state index in [1.807, 2.05) is 0 Å². The van der Waals surface area contributed by atoms with Gasteiger partial charge in [0.15, 0.2) is 12.4 Å². The highest BCUT2D eigenvalue weighted by molar-refractivity contribution is 8.01. The van der Waals surface area contributed by atoms with E-state index in [1.165, 1.54) is 69.0 Å². The molecular formula is C29H23Cl2N3O7S3. The second kappa shape index (κ2) is 13.7. The maximum Gasteiger partial charge on any atom is 0.352 e. The van der Waals surface area contributed by atoms with Crippen LogP contribution < -0.4 is 15.0 Å². The number of carboxylic acids is 2. The fourth-order valence-corrected chi connectivity index (χ4v) is 8.36. The molecule has 0 spiro atoms. The zero-order valence-corrected chi connectivity index (χ0v) is 26.5. The number of hydrogen-bond donors (Lipinski definition) is 3. The number of phenolic OH excluding ortho intramolecular Hbond substituents is 1. The van der Waals surface area contributed by atoms with Gasteiger partial charge in [0.2, 0.25) is 11.9 Å². The van der Waals surface area contributed by atoms with E-state index in [2.05, 4.69) is 5.32 Å². The number of β-lactam (4-membered cyclic amide) rings is 1. The first kappa shape index (κ1) is 32.0. The number of nitrogens with zero attached hydrogens (tertiary/aromatic N) is 2. The van der Waals surface area contributed by atoms with E-state index < -0.39 is 35.3 Å². The van der Waals surface area contributed by atoms with Crippen molar-refractivity contribution in [2.24, 2.45) is 0 Å². The minimum Gasteiger partial charge on any atom is -0.543 e. The smallest absolute Gasteiger partial charge is 0.352 e. The number of halogens is 2. The number of amides is 2. The molecule has 1 fully saturated rings. The highest BCUT2D eigenvalue weighted by Gasteiger charge is 2.54. The topological polar surface area (TPSA) is 151 Å². The molecule has 2 aliphatic heterocycles. The Morgan fingerprint density at radius 1 is 1.09 bits per heavy atom. The van der Waals surface area contributed by atoms with Gasteiger partial charge in [-0.25, -0.2) is 4.79 Å². The molecule has 0 saturated carbocycles. The molecule has 10 nitrogen and oxygen atoms in total. The number of phenols is 1. The summed E-state index contributed by atoms with van der Waals surface area (Å²) in [6, 6.07) is 12.2. The monoisotopic (exact) mass is 691 g/mol. The Labute approximate surface area is 274 Å². The number of aliphatic carboxylic acids is 2. The second-order valence-electron chi connectivity index (χ2n) is 9.66. The molecule has 0 bridgehead atoms. The van der Waals surface area contributed by atoms with Gasteiger partial charge in [-0.15, -0.1) is 35.3 Å². The van der Waals surface area contributed by atoms with Crippen molar-refractivity contribution in [2.45, 2.75) is 27.2 Å². The number of carboxylic acid groups (broad SMARTS) is 2. The van der Waals surface area contributed by atoms with Crippen LogP contribution in [-0.2, 0) is 19.2 Å². The number of aromatic hydroxyl groups is 1. The zero-order chi connectivity index (χ0) is 31.5. The van der Waals surface area contributed by atoms with Gasteiger partial charge in [0, 0.05) is 44.0 Å². The molecular weight excluding hydrogens is 669 g/mol. The van der Waals surface area contributed by atoms with E-state index in [4.69, 9.17) is 23.2 Å². The summed E-state index contributed by atoms with van der Waals surface area (Å²) < 4.78 is 1.46. The fraction of sp³-hybridized carbons (Fsp3) is 0.207. The highest BCUT2D eigenvalue weighted by Crippen LogP contribution is 2.41. The van der Waals surface area contributed by atoms with Crippen molar-refractivity contribution in [2.75, 3.05) is 17.3 Å². The minimum atomic E-state index is -1.32. The van der Waals surface area contributed by atoms with Crippen molar-refractivity contribution in [3.05, 3.63) is 93.9 Å². The Morgan fingerprint density at radius 3 is 2.45 bits per heavy atom. The van der Waals surface area contributed by atoms with Gasteiger partial charge in [-0.2, -0.15) is 4.57 Å². The molecule has 2 aliphatic rings. The summed E-state index contributed by atoms with van der Waals surface area (Å²) in [6.07, 6.45) is 3.16. The Morgan fingerprint density at radius 2 is 1.80 bits per heavy atom. The predicted octanol–water partition coefficient (Wildman–Crippen LogP) is 2.95. The molecule has 0 aliphatic carbocycles. The standard InChI is InChI=1S/C29H23Cl2N3O7S3/c30-17-3-6-20(31)21(11-17)43-14-22(36)32-23-26(37)34-25(29(40)41)16(13-44-27(23)34)12-42-19-7-9-33(10-8-19)24(28(38)39)15-1-4-18(35)5-2-15/h1-11,23-24,27H,12-14H2,(H3-,32,35,36,38,39,40,41)/t23-,24+,27-/m1/s1. The van der Waals surface area contributed by atoms with Gasteiger partial charge in [0.1, 0.15) is 28.8 Å². The van der Waals surface area contributed by atoms with E-state index >= 15 is 0 Å². The molecule has 3 heterocycles. The first-order valence-corrected chi connectivity index (χ1v) is 16.7. The van der Waals surface area contributed by atoms with Crippen molar-refractivity contribution in [3.8, 4) is 5.75 Å². The number of pyridine rings is 1. The first-order chi connectivity index (χ1) is 21.0. The molecule has 15 heteroatoms. The largest absolute Gasteiger partial charge is 0.543 e. The lowest BCUT2D eigenvalue weighted by Crippen LogP contribution is -2.70. The molecule has 2 amide bonds. The maximum absolute atomic E-state index is 13.0. The Bertz CT molecular complexity index is 1650. The number of carbonyl (C=O) groups is 4. The number of benzene rings is 2. The van der Waals surface area contributed by atoms with Crippen molar-refractivity contribution >= 4 is 82.2 Å². The number of aromatic nitrogens is 1. The number of nitrogens with one attached hydrogen (secondary N) is 1. The van der Waals surface area contributed by atoms with Crippen LogP contribution in [0.2, 0.25) is 10.0 Å². The number of thioether (sulfide) groups is 3. The van der Waals surface area contributed by atoms with Crippen molar-refractivity contribution in [3.63, 3.8) is 0 Å². The van der Waals surface area contributed by atoms with Gasteiger partial charge >= 0.3 is 5.97 Å². The third kappa shape index (κ3) is 6.97. The van der Waals surface area contributed by atoms with Crippen LogP contribution in [0.5, 0.6) is 5.75 Å². The third-order valence-corrected chi connectivity index (χ3v) is 11.0. The fourth-order valence-electron chi connectivity index (χ4n) is 4.69. The SMILES string of the molecule is O=C(CSc1cc(Cl)ccc1Cl)N[C@@H]1C(=O)N2C(C(=O)O)=C(CSc3cc[n+]([C@H](C(=O)[O-])c4ccc(O)cc4)cc3)CS[C@H]12. The second-order valence-corrected chi connectivity index (χ2v) is 13.7. The lowest BCUT2D eigenvalue weighted by molar-refractivity contribution is -0.707. The van der Waals surface area contributed by atoms with Crippen LogP contribution in [0.4, 0.5) is 0 Å². The number of rotatable bonds is 11. The van der Waals surface area contributed by atoms with Gasteiger partial charge in [0.05, 0.1) is 10.8 Å². The van der Waals surface area contributed by atoms with Crippen molar-refractivity contribution in [1.29, 1.82) is 0 Å². The van der Waals surface area contributed by atoms with Crippen LogP contribution in [0.25, 0.3) is 0 Å². The van der Waals surface area contributed by atoms with Gasteiger partial charge in [-0.1, -0.05) is 23.2 Å². The molecule has 2 aromatic carbocycles. The average Bonchev–Trinajstić information content (AvgIpc) is 3.00. The molecule has 3 atom stereocenters. The van der Waals surface area contributed by atoms with Crippen molar-refractivity contribution in [1.82, 2.24) is 10.2 Å². The van der Waals surface area contributed by atoms with E-state index in [1.54, 1.807) is 42.7 Å². The van der Waals surface area contributed by atoms with E-state index in [0.717, 1.165) is 4.90 Å². The number of carbonyl (C=O) groups excluding carboxylic acids is 3. The summed E-state index contributed by atoms with van der Waals surface area (Å²) in [6.45, 7) is 0. The molecule has 1 saturated heterocycles. The quantitative estimate of drug-likeness (QED) is 0.156. The van der Waals surface area contributed by atoms with Gasteiger partial charge < -0.3 is 25.4 Å². The first-order valence-electron chi connectivity index (χ1n) is 12.9. The van der Waals surface area contributed by atoms with E-state index in [-0.39, 0.29) is 28.9 Å². The molecule has 44 heavy (non-hydrogen) atoms. The minimum absolute atomic E-state index is 0.000481. The molecule has 0 radical (unpaired) electrons. The number of fused-ring (bicyclic) bond motifs is 1. The molecule has 1 aromatic heterocycles. The summed E-state index contributed by atoms with van der Waals surface area (Å²) in [5.74, 6) is -2.78. The average molecular weight is 693 g/mol. The van der Waals surface area contributed by atoms with Gasteiger partial charge in [0.25, 0.3) is 5.91 Å². The summed E-state index contributed by atoms with van der Waals surface area (Å²) >= 11 is 16.0. The lowest BCUT2D eigenvalue weighted by Gasteiger charge is -2.49. The van der Waals surface area contributed by atoms with E-state index in [0.29, 0.717) is 31.8 Å². The normalized spacial score (nSPS) is 18.3. The Hall–Kier alpha value is -3.36. The van der Waals surface area contributed by atoms with Gasteiger partial charge in [-0.3, -0.25) is 14.5 Å². The summed E-state index contributed by atoms with van der Waals surface area (Å²) in [4.78, 5) is 52.3. The number of hydrogen-bond acceptors (Lipinski definition) is 9. The van der Waals surface area contributed by atoms with Crippen LogP contribution in [0, 0.1) is 0 Å². The van der Waals surface area contributed by atoms with Crippen LogP contribution in [0.15, 0.2) is 88.1 Å². The molecule has 5 rings (SSSR count).